The third kappa shape index (κ3) is 3.09. The molecule has 1 heterocycles. The summed E-state index contributed by atoms with van der Waals surface area (Å²) in [5.74, 6) is -0.542. The lowest BCUT2D eigenvalue weighted by Gasteiger charge is -2.26. The molecule has 1 saturated heterocycles. The lowest BCUT2D eigenvalue weighted by molar-refractivity contribution is -0.142. The fraction of sp³-hybridized carbons (Fsp3) is 0.889. The van der Waals surface area contributed by atoms with Gasteiger partial charge in [-0.3, -0.25) is 4.79 Å². The topological polar surface area (TPSA) is 41.1 Å². The van der Waals surface area contributed by atoms with Gasteiger partial charge in [-0.2, -0.15) is 13.2 Å². The van der Waals surface area contributed by atoms with Crippen LogP contribution in [0.2, 0.25) is 0 Å². The summed E-state index contributed by atoms with van der Waals surface area (Å²) in [7, 11) is 0. The van der Waals surface area contributed by atoms with Crippen molar-refractivity contribution in [1.29, 1.82) is 0 Å². The molecule has 3 nitrogen and oxygen atoms in total. The lowest BCUT2D eigenvalue weighted by atomic mass is 9.93. The number of carbonyl (C=O) groups is 1. The zero-order chi connectivity index (χ0) is 11.5. The van der Waals surface area contributed by atoms with Gasteiger partial charge in [0.2, 0.25) is 5.91 Å². The van der Waals surface area contributed by atoms with Gasteiger partial charge in [-0.05, 0) is 25.8 Å². The zero-order valence-corrected chi connectivity index (χ0v) is 8.58. The first kappa shape index (κ1) is 12.3. The van der Waals surface area contributed by atoms with Crippen molar-refractivity contribution >= 4 is 5.91 Å². The third-order valence-corrected chi connectivity index (χ3v) is 2.73. The fourth-order valence-corrected chi connectivity index (χ4v) is 1.81. The van der Waals surface area contributed by atoms with E-state index in [0.29, 0.717) is 19.4 Å². The SMILES string of the molecule is CCC1(C(=O)NCC(F)(F)F)CCCN1. The first-order chi connectivity index (χ1) is 6.90. The monoisotopic (exact) mass is 224 g/mol. The van der Waals surface area contributed by atoms with Crippen LogP contribution < -0.4 is 10.6 Å². The molecule has 1 aliphatic heterocycles. The Bertz CT molecular complexity index is 234. The van der Waals surface area contributed by atoms with Gasteiger partial charge in [-0.25, -0.2) is 0 Å². The summed E-state index contributed by atoms with van der Waals surface area (Å²) in [5.41, 5.74) is -0.786. The predicted molar refractivity (Wildman–Crippen MR) is 49.3 cm³/mol. The summed E-state index contributed by atoms with van der Waals surface area (Å²) in [6.45, 7) is 1.23. The van der Waals surface area contributed by atoms with E-state index in [9.17, 15) is 18.0 Å². The largest absolute Gasteiger partial charge is 0.405 e. The molecule has 0 saturated carbocycles. The minimum atomic E-state index is -4.34. The van der Waals surface area contributed by atoms with Gasteiger partial charge < -0.3 is 10.6 Å². The fourth-order valence-electron chi connectivity index (χ4n) is 1.81. The van der Waals surface area contributed by atoms with E-state index in [4.69, 9.17) is 0 Å². The minimum absolute atomic E-state index is 0.511. The minimum Gasteiger partial charge on any atom is -0.345 e. The number of rotatable bonds is 3. The van der Waals surface area contributed by atoms with E-state index >= 15 is 0 Å². The Morgan fingerprint density at radius 3 is 2.60 bits per heavy atom. The number of hydrogen-bond acceptors (Lipinski definition) is 2. The number of alkyl halides is 3. The van der Waals surface area contributed by atoms with Crippen molar-refractivity contribution in [3.8, 4) is 0 Å². The van der Waals surface area contributed by atoms with Gasteiger partial charge in [0, 0.05) is 0 Å². The number of carbonyl (C=O) groups excluding carboxylic acids is 1. The van der Waals surface area contributed by atoms with Crippen molar-refractivity contribution in [2.24, 2.45) is 0 Å². The number of halogens is 3. The Balaban J connectivity index is 2.51. The lowest BCUT2D eigenvalue weighted by Crippen LogP contribution is -2.54. The Labute approximate surface area is 86.4 Å². The molecule has 0 aliphatic carbocycles. The maximum atomic E-state index is 11.9. The molecule has 0 aromatic rings. The van der Waals surface area contributed by atoms with Gasteiger partial charge in [0.15, 0.2) is 0 Å². The zero-order valence-electron chi connectivity index (χ0n) is 8.58. The van der Waals surface area contributed by atoms with Crippen molar-refractivity contribution in [3.05, 3.63) is 0 Å². The van der Waals surface area contributed by atoms with E-state index in [1.165, 1.54) is 0 Å². The average Bonchev–Trinajstić information content (AvgIpc) is 2.62. The molecule has 1 aliphatic rings. The van der Waals surface area contributed by atoms with Crippen LogP contribution in [0, 0.1) is 0 Å². The van der Waals surface area contributed by atoms with Gasteiger partial charge in [0.1, 0.15) is 6.54 Å². The van der Waals surface area contributed by atoms with Crippen LogP contribution in [0.25, 0.3) is 0 Å². The van der Waals surface area contributed by atoms with E-state index in [-0.39, 0.29) is 0 Å². The molecule has 1 unspecified atom stereocenters. The molecule has 2 N–H and O–H groups in total. The molecule has 0 spiro atoms. The highest BCUT2D eigenvalue weighted by Crippen LogP contribution is 2.23. The highest BCUT2D eigenvalue weighted by Gasteiger charge is 2.40. The maximum absolute atomic E-state index is 11.9. The Morgan fingerprint density at radius 2 is 2.20 bits per heavy atom. The van der Waals surface area contributed by atoms with Gasteiger partial charge in [0.25, 0.3) is 0 Å². The van der Waals surface area contributed by atoms with Gasteiger partial charge in [-0.1, -0.05) is 6.92 Å². The average molecular weight is 224 g/mol. The highest BCUT2D eigenvalue weighted by atomic mass is 19.4. The van der Waals surface area contributed by atoms with Crippen LogP contribution in [0.15, 0.2) is 0 Å². The van der Waals surface area contributed by atoms with E-state index in [0.717, 1.165) is 6.42 Å². The summed E-state index contributed by atoms with van der Waals surface area (Å²) in [6.07, 6.45) is -2.40. The van der Waals surface area contributed by atoms with Crippen LogP contribution in [0.1, 0.15) is 26.2 Å². The van der Waals surface area contributed by atoms with Gasteiger partial charge >= 0.3 is 6.18 Å². The van der Waals surface area contributed by atoms with Crippen molar-refractivity contribution in [2.75, 3.05) is 13.1 Å². The molecule has 15 heavy (non-hydrogen) atoms. The Hall–Kier alpha value is -0.780. The summed E-state index contributed by atoms with van der Waals surface area (Å²) in [5, 5.41) is 4.91. The second kappa shape index (κ2) is 4.38. The van der Waals surface area contributed by atoms with Crippen molar-refractivity contribution < 1.29 is 18.0 Å². The van der Waals surface area contributed by atoms with E-state index < -0.39 is 24.2 Å². The molecule has 1 rings (SSSR count). The molecule has 0 aromatic heterocycles. The Kier molecular flexibility index (Phi) is 3.59. The molecular weight excluding hydrogens is 209 g/mol. The van der Waals surface area contributed by atoms with Crippen LogP contribution in [-0.2, 0) is 4.79 Å². The molecular formula is C9H15F3N2O. The second-order valence-corrected chi connectivity index (χ2v) is 3.76. The molecule has 0 bridgehead atoms. The first-order valence-electron chi connectivity index (χ1n) is 5.00. The van der Waals surface area contributed by atoms with Crippen LogP contribution in [0.5, 0.6) is 0 Å². The normalized spacial score (nSPS) is 26.7. The third-order valence-electron chi connectivity index (χ3n) is 2.73. The molecule has 1 atom stereocenters. The van der Waals surface area contributed by atoms with E-state index in [2.05, 4.69) is 5.32 Å². The standard InChI is InChI=1S/C9H15F3N2O/c1-2-8(4-3-5-14-8)7(15)13-6-9(10,11)12/h14H,2-6H2,1H3,(H,13,15). The number of nitrogens with one attached hydrogen (secondary N) is 2. The quantitative estimate of drug-likeness (QED) is 0.756. The summed E-state index contributed by atoms with van der Waals surface area (Å²) in [6, 6.07) is 0. The number of amides is 1. The summed E-state index contributed by atoms with van der Waals surface area (Å²) >= 11 is 0. The second-order valence-electron chi connectivity index (χ2n) is 3.76. The van der Waals surface area contributed by atoms with Crippen molar-refractivity contribution in [3.63, 3.8) is 0 Å². The summed E-state index contributed by atoms with van der Waals surface area (Å²) < 4.78 is 35.7. The Morgan fingerprint density at radius 1 is 1.53 bits per heavy atom. The highest BCUT2D eigenvalue weighted by molar-refractivity contribution is 5.86. The molecule has 1 amide bonds. The van der Waals surface area contributed by atoms with Gasteiger partial charge in [-0.15, -0.1) is 0 Å². The molecule has 1 fully saturated rings. The van der Waals surface area contributed by atoms with Crippen molar-refractivity contribution in [2.45, 2.75) is 37.9 Å². The molecule has 0 aromatic carbocycles. The first-order valence-corrected chi connectivity index (χ1v) is 5.00. The van der Waals surface area contributed by atoms with Gasteiger partial charge in [0.05, 0.1) is 5.54 Å². The van der Waals surface area contributed by atoms with E-state index in [1.807, 2.05) is 5.32 Å². The molecule has 88 valence electrons. The van der Waals surface area contributed by atoms with Crippen LogP contribution >= 0.6 is 0 Å². The maximum Gasteiger partial charge on any atom is 0.405 e. The van der Waals surface area contributed by atoms with Crippen LogP contribution in [0.4, 0.5) is 13.2 Å². The molecule has 6 heteroatoms. The smallest absolute Gasteiger partial charge is 0.345 e. The van der Waals surface area contributed by atoms with Crippen LogP contribution in [-0.4, -0.2) is 30.7 Å². The summed E-state index contributed by atoms with van der Waals surface area (Å²) in [4.78, 5) is 11.6. The van der Waals surface area contributed by atoms with E-state index in [1.54, 1.807) is 6.92 Å². The number of hydrogen-bond donors (Lipinski definition) is 2. The van der Waals surface area contributed by atoms with Crippen molar-refractivity contribution in [1.82, 2.24) is 10.6 Å². The molecule has 0 radical (unpaired) electrons. The predicted octanol–water partition coefficient (Wildman–Crippen LogP) is 1.20. The van der Waals surface area contributed by atoms with Crippen LogP contribution in [0.3, 0.4) is 0 Å².